The molecule has 8 valence electrons. The molecule has 0 aromatic carbocycles. The third-order valence-corrected chi connectivity index (χ3v) is 0. The van der Waals surface area contributed by atoms with E-state index in [9.17, 15) is 0 Å². The fraction of sp³-hybridized carbons (Fsp3) is 0. The van der Waals surface area contributed by atoms with Crippen LogP contribution in [0.3, 0.4) is 0 Å². The maximum Gasteiger partial charge on any atom is 0 e. The first-order valence-corrected chi connectivity index (χ1v) is 0. The molecular formula is Li3Sb. The van der Waals surface area contributed by atoms with Crippen molar-refractivity contribution in [2.75, 3.05) is 0 Å². The maximum atomic E-state index is 0. The Bertz CT molecular complexity index is 3.25. The van der Waals surface area contributed by atoms with Gasteiger partial charge in [0.2, 0.25) is 0 Å². The molecule has 0 heterocycles. The molecule has 0 unspecified atom stereocenters. The molecule has 0 aromatic heterocycles. The molecule has 0 aromatic rings. The number of hydrogen-bond acceptors (Lipinski definition) is 0. The van der Waals surface area contributed by atoms with Crippen LogP contribution in [0.1, 0.15) is 0 Å². The van der Waals surface area contributed by atoms with Crippen molar-refractivity contribution in [3.8, 4) is 0 Å². The van der Waals surface area contributed by atoms with Crippen molar-refractivity contribution >= 4 is 81.0 Å². The summed E-state index contributed by atoms with van der Waals surface area (Å²) in [6.45, 7) is 0. The minimum atomic E-state index is 0. The summed E-state index contributed by atoms with van der Waals surface area (Å²) < 4.78 is 0. The van der Waals surface area contributed by atoms with Crippen molar-refractivity contribution in [3.05, 3.63) is 0 Å². The molecule has 0 N–H and O–H groups in total. The molecule has 4 heavy (non-hydrogen) atoms. The van der Waals surface area contributed by atoms with Gasteiger partial charge in [-0.2, -0.15) is 0 Å². The average molecular weight is 143 g/mol. The van der Waals surface area contributed by atoms with Crippen LogP contribution in [-0.2, 0) is 0 Å². The summed E-state index contributed by atoms with van der Waals surface area (Å²) in [6.07, 6.45) is 0. The van der Waals surface area contributed by atoms with E-state index >= 15 is 0 Å². The normalized spacial score (nSPS) is 0. The summed E-state index contributed by atoms with van der Waals surface area (Å²) in [6, 6.07) is 0. The Morgan fingerprint density at radius 1 is 0.500 bits per heavy atom. The van der Waals surface area contributed by atoms with Gasteiger partial charge in [-0.05, 0) is 0 Å². The van der Waals surface area contributed by atoms with E-state index in [1.54, 1.807) is 0 Å². The largest absolute Gasteiger partial charge is 0 e. The van der Waals surface area contributed by atoms with Gasteiger partial charge < -0.3 is 0 Å². The summed E-state index contributed by atoms with van der Waals surface area (Å²) >= 11 is 0. The molecule has 0 saturated carbocycles. The quantitative estimate of drug-likeness (QED) is 0.361. The summed E-state index contributed by atoms with van der Waals surface area (Å²) in [5.74, 6) is 0. The second-order valence-electron chi connectivity index (χ2n) is 0. The van der Waals surface area contributed by atoms with Crippen molar-refractivity contribution in [1.29, 1.82) is 0 Å². The Morgan fingerprint density at radius 3 is 0.500 bits per heavy atom. The molecule has 6 radical (unpaired) electrons. The summed E-state index contributed by atoms with van der Waals surface area (Å²) in [7, 11) is 0. The van der Waals surface area contributed by atoms with Gasteiger partial charge in [0.25, 0.3) is 0 Å². The van der Waals surface area contributed by atoms with Crippen LogP contribution < -0.4 is 0 Å². The van der Waals surface area contributed by atoms with E-state index < -0.39 is 0 Å². The molecular weight excluding hydrogens is 143 g/mol. The van der Waals surface area contributed by atoms with Gasteiger partial charge in [0, 0.05) is 81.0 Å². The monoisotopic (exact) mass is 142 g/mol. The molecule has 0 spiro atoms. The van der Waals surface area contributed by atoms with E-state index in [1.165, 1.54) is 0 Å². The molecule has 0 bridgehead atoms. The van der Waals surface area contributed by atoms with Crippen LogP contribution in [0.4, 0.5) is 0 Å². The van der Waals surface area contributed by atoms with E-state index in [0.29, 0.717) is 0 Å². The van der Waals surface area contributed by atoms with Gasteiger partial charge in [0.1, 0.15) is 0 Å². The smallest absolute Gasteiger partial charge is 0 e. The van der Waals surface area contributed by atoms with Crippen LogP contribution in [0.5, 0.6) is 0 Å². The van der Waals surface area contributed by atoms with E-state index in [4.69, 9.17) is 0 Å². The molecule has 0 fully saturated rings. The molecule has 0 aliphatic heterocycles. The van der Waals surface area contributed by atoms with Gasteiger partial charge in [-0.1, -0.05) is 0 Å². The van der Waals surface area contributed by atoms with Crippen molar-refractivity contribution in [3.63, 3.8) is 0 Å². The van der Waals surface area contributed by atoms with Gasteiger partial charge >= 0.3 is 0 Å². The third kappa shape index (κ3) is 8.82. The van der Waals surface area contributed by atoms with Crippen molar-refractivity contribution in [2.45, 2.75) is 0 Å². The molecule has 0 atom stereocenters. The zero-order chi connectivity index (χ0) is 0. The summed E-state index contributed by atoms with van der Waals surface area (Å²) in [5, 5.41) is 0. The molecule has 0 nitrogen and oxygen atoms in total. The maximum absolute atomic E-state index is 0. The molecule has 0 aliphatic carbocycles. The van der Waals surface area contributed by atoms with Crippen molar-refractivity contribution in [1.82, 2.24) is 0 Å². The first-order chi connectivity index (χ1) is 0. The van der Waals surface area contributed by atoms with Crippen LogP contribution in [0, 0.1) is 0 Å². The second-order valence-corrected chi connectivity index (χ2v) is 0. The molecule has 0 aliphatic rings. The standard InChI is InChI=1S/3Li.Sb. The molecule has 0 amide bonds. The van der Waals surface area contributed by atoms with Crippen LogP contribution >= 0.6 is 0 Å². The van der Waals surface area contributed by atoms with Crippen LogP contribution in [0.25, 0.3) is 0 Å². The SMILES string of the molecule is [Li].[Li].[Li].[Sb]. The fourth-order valence-electron chi connectivity index (χ4n) is 0. The Hall–Kier alpha value is 2.61. The van der Waals surface area contributed by atoms with Gasteiger partial charge in [-0.25, -0.2) is 0 Å². The Morgan fingerprint density at radius 2 is 0.500 bits per heavy atom. The minimum Gasteiger partial charge on any atom is 0 e. The molecule has 0 saturated heterocycles. The predicted molar refractivity (Wildman–Crippen MR) is 23.0 cm³/mol. The number of hydrogen-bond donors (Lipinski definition) is 0. The van der Waals surface area contributed by atoms with Gasteiger partial charge in [0.05, 0.1) is 0 Å². The zero-order valence-electron chi connectivity index (χ0n) is 3.45. The Labute approximate surface area is 79.8 Å². The van der Waals surface area contributed by atoms with Crippen LogP contribution in [-0.4, -0.2) is 81.0 Å². The third-order valence-electron chi connectivity index (χ3n) is 0. The summed E-state index contributed by atoms with van der Waals surface area (Å²) in [4.78, 5) is 0. The zero-order valence-corrected chi connectivity index (χ0v) is 6.00. The van der Waals surface area contributed by atoms with E-state index in [-0.39, 0.29) is 81.0 Å². The topological polar surface area (TPSA) is 0 Å². The molecule has 0 rings (SSSR count). The van der Waals surface area contributed by atoms with Gasteiger partial charge in [-0.3, -0.25) is 0 Å². The van der Waals surface area contributed by atoms with Gasteiger partial charge in [-0.15, -0.1) is 0 Å². The minimum absolute atomic E-state index is 0. The number of rotatable bonds is 0. The van der Waals surface area contributed by atoms with Crippen LogP contribution in [0.2, 0.25) is 0 Å². The van der Waals surface area contributed by atoms with Crippen LogP contribution in [0.15, 0.2) is 0 Å². The first kappa shape index (κ1) is 30.5. The molecule has 4 heteroatoms. The van der Waals surface area contributed by atoms with E-state index in [2.05, 4.69) is 0 Å². The van der Waals surface area contributed by atoms with E-state index in [1.807, 2.05) is 0 Å². The average Bonchev–Trinajstić information content (AvgIpc) is 0. The fourth-order valence-corrected chi connectivity index (χ4v) is 0. The first-order valence-electron chi connectivity index (χ1n) is 0. The predicted octanol–water partition coefficient (Wildman–Crippen LogP) is -1.52. The van der Waals surface area contributed by atoms with Gasteiger partial charge in [0.15, 0.2) is 0 Å². The second kappa shape index (κ2) is 17.5. The van der Waals surface area contributed by atoms with E-state index in [0.717, 1.165) is 0 Å². The summed E-state index contributed by atoms with van der Waals surface area (Å²) in [5.41, 5.74) is 0. The Kier molecular flexibility index (Phi) is 134. The van der Waals surface area contributed by atoms with Crippen molar-refractivity contribution < 1.29 is 0 Å². The Balaban J connectivity index is 0. The van der Waals surface area contributed by atoms with Crippen molar-refractivity contribution in [2.24, 2.45) is 0 Å².